The number of hydrogen-bond donors (Lipinski definition) is 2. The van der Waals surface area contributed by atoms with Crippen molar-refractivity contribution in [1.82, 2.24) is 4.90 Å². The lowest BCUT2D eigenvalue weighted by Crippen LogP contribution is -2.42. The van der Waals surface area contributed by atoms with Gasteiger partial charge in [0.05, 0.1) is 5.60 Å². The van der Waals surface area contributed by atoms with Crippen LogP contribution in [0.1, 0.15) is 54.4 Å². The van der Waals surface area contributed by atoms with Gasteiger partial charge in [-0.2, -0.15) is 0 Å². The van der Waals surface area contributed by atoms with Gasteiger partial charge in [-0.1, -0.05) is 6.07 Å². The van der Waals surface area contributed by atoms with Gasteiger partial charge in [0.15, 0.2) is 0 Å². The summed E-state index contributed by atoms with van der Waals surface area (Å²) in [6.07, 6.45) is 4.77. The molecule has 0 aromatic heterocycles. The molecule has 2 saturated heterocycles. The molecule has 4 rings (SSSR count). The Kier molecular flexibility index (Phi) is 4.95. The Morgan fingerprint density at radius 3 is 2.59 bits per heavy atom. The van der Waals surface area contributed by atoms with Crippen LogP contribution in [-0.2, 0) is 9.53 Å². The molecular formula is C21H28N2O4. The van der Waals surface area contributed by atoms with E-state index in [-0.39, 0.29) is 11.8 Å². The minimum Gasteiger partial charge on any atom is -0.390 e. The van der Waals surface area contributed by atoms with Gasteiger partial charge in [0, 0.05) is 30.9 Å². The molecule has 2 amide bonds. The lowest BCUT2D eigenvalue weighted by atomic mass is 9.89. The van der Waals surface area contributed by atoms with Crippen molar-refractivity contribution in [3.8, 4) is 0 Å². The molecule has 1 aliphatic carbocycles. The van der Waals surface area contributed by atoms with Crippen LogP contribution in [0.4, 0.5) is 5.69 Å². The van der Waals surface area contributed by atoms with E-state index < -0.39 is 11.7 Å². The van der Waals surface area contributed by atoms with Gasteiger partial charge in [-0.15, -0.1) is 0 Å². The van der Waals surface area contributed by atoms with Gasteiger partial charge in [0.25, 0.3) is 11.8 Å². The number of anilines is 1. The zero-order chi connectivity index (χ0) is 19.0. The Morgan fingerprint density at radius 1 is 1.22 bits per heavy atom. The second kappa shape index (κ2) is 7.24. The largest absolute Gasteiger partial charge is 0.390 e. The number of carbonyl (C=O) groups is 2. The molecule has 27 heavy (non-hydrogen) atoms. The summed E-state index contributed by atoms with van der Waals surface area (Å²) in [7, 11) is 0. The van der Waals surface area contributed by atoms with E-state index in [1.807, 2.05) is 30.0 Å². The molecule has 6 heteroatoms. The van der Waals surface area contributed by atoms with Crippen LogP contribution in [0.25, 0.3) is 0 Å². The summed E-state index contributed by atoms with van der Waals surface area (Å²) >= 11 is 0. The number of likely N-dealkylation sites (tertiary alicyclic amines) is 1. The van der Waals surface area contributed by atoms with Crippen molar-refractivity contribution in [1.29, 1.82) is 0 Å². The summed E-state index contributed by atoms with van der Waals surface area (Å²) in [5.41, 5.74) is 1.63. The van der Waals surface area contributed by atoms with E-state index >= 15 is 0 Å². The molecule has 1 unspecified atom stereocenters. The molecule has 1 aromatic carbocycles. The quantitative estimate of drug-likeness (QED) is 0.851. The van der Waals surface area contributed by atoms with Gasteiger partial charge in [0.2, 0.25) is 0 Å². The SMILES string of the molecule is Cc1c(NC(=O)C2CCCO2)cccc1C(=O)N1CCC(C2(O)CC2)CC1. The maximum Gasteiger partial charge on any atom is 0.254 e. The van der Waals surface area contributed by atoms with E-state index in [1.54, 1.807) is 0 Å². The molecule has 0 bridgehead atoms. The van der Waals surface area contributed by atoms with Crippen molar-refractivity contribution in [3.63, 3.8) is 0 Å². The van der Waals surface area contributed by atoms with Crippen LogP contribution in [0.2, 0.25) is 0 Å². The van der Waals surface area contributed by atoms with Crippen molar-refractivity contribution < 1.29 is 19.4 Å². The first-order valence-corrected chi connectivity index (χ1v) is 10.0. The highest BCUT2D eigenvalue weighted by Crippen LogP contribution is 2.46. The number of amides is 2. The Hall–Kier alpha value is -1.92. The van der Waals surface area contributed by atoms with E-state index in [0.717, 1.165) is 44.1 Å². The number of rotatable bonds is 4. The van der Waals surface area contributed by atoms with Crippen LogP contribution in [-0.4, -0.2) is 53.2 Å². The normalized spacial score (nSPS) is 24.7. The Bertz CT molecular complexity index is 730. The fourth-order valence-electron chi connectivity index (χ4n) is 4.33. The first-order chi connectivity index (χ1) is 13.0. The van der Waals surface area contributed by atoms with Crippen molar-refractivity contribution >= 4 is 17.5 Å². The van der Waals surface area contributed by atoms with Gasteiger partial charge < -0.3 is 20.1 Å². The number of nitrogens with zero attached hydrogens (tertiary/aromatic N) is 1. The van der Waals surface area contributed by atoms with Gasteiger partial charge in [-0.05, 0) is 69.1 Å². The van der Waals surface area contributed by atoms with Crippen LogP contribution in [0.15, 0.2) is 18.2 Å². The minimum absolute atomic E-state index is 0.00181. The summed E-state index contributed by atoms with van der Waals surface area (Å²) in [4.78, 5) is 27.2. The van der Waals surface area contributed by atoms with Crippen molar-refractivity contribution in [2.75, 3.05) is 25.0 Å². The van der Waals surface area contributed by atoms with Crippen LogP contribution in [0.3, 0.4) is 0 Å². The Morgan fingerprint density at radius 2 is 1.96 bits per heavy atom. The van der Waals surface area contributed by atoms with Gasteiger partial charge in [-0.25, -0.2) is 0 Å². The van der Waals surface area contributed by atoms with Gasteiger partial charge in [-0.3, -0.25) is 9.59 Å². The molecule has 1 saturated carbocycles. The van der Waals surface area contributed by atoms with Crippen molar-refractivity contribution in [2.24, 2.45) is 5.92 Å². The van der Waals surface area contributed by atoms with E-state index in [1.165, 1.54) is 0 Å². The van der Waals surface area contributed by atoms with Gasteiger partial charge in [0.1, 0.15) is 6.10 Å². The van der Waals surface area contributed by atoms with Crippen LogP contribution in [0, 0.1) is 12.8 Å². The molecule has 1 atom stereocenters. The second-order valence-corrected chi connectivity index (χ2v) is 8.14. The third kappa shape index (κ3) is 3.73. The molecule has 6 nitrogen and oxygen atoms in total. The first kappa shape index (κ1) is 18.4. The predicted octanol–water partition coefficient (Wildman–Crippen LogP) is 2.49. The van der Waals surface area contributed by atoms with E-state index in [9.17, 15) is 14.7 Å². The maximum atomic E-state index is 13.0. The van der Waals surface area contributed by atoms with Crippen LogP contribution < -0.4 is 5.32 Å². The number of ether oxygens (including phenoxy) is 1. The summed E-state index contributed by atoms with van der Waals surface area (Å²) in [5, 5.41) is 13.2. The second-order valence-electron chi connectivity index (χ2n) is 8.14. The minimum atomic E-state index is -0.461. The van der Waals surface area contributed by atoms with Crippen LogP contribution >= 0.6 is 0 Å². The zero-order valence-electron chi connectivity index (χ0n) is 15.9. The highest BCUT2D eigenvalue weighted by Gasteiger charge is 2.48. The average molecular weight is 372 g/mol. The molecule has 0 spiro atoms. The standard InChI is InChI=1S/C21H28N2O4/c1-14-16(4-2-5-17(14)22-19(24)18-6-3-13-27-18)20(25)23-11-7-15(8-12-23)21(26)9-10-21/h2,4-5,15,18,26H,3,6-13H2,1H3,(H,22,24). The fraction of sp³-hybridized carbons (Fsp3) is 0.619. The summed E-state index contributed by atoms with van der Waals surface area (Å²) in [6, 6.07) is 5.46. The summed E-state index contributed by atoms with van der Waals surface area (Å²) < 4.78 is 5.43. The number of hydrogen-bond acceptors (Lipinski definition) is 4. The number of benzene rings is 1. The molecule has 2 heterocycles. The monoisotopic (exact) mass is 372 g/mol. The van der Waals surface area contributed by atoms with E-state index in [0.29, 0.717) is 36.9 Å². The molecule has 3 fully saturated rings. The fourth-order valence-corrected chi connectivity index (χ4v) is 4.33. The lowest BCUT2D eigenvalue weighted by molar-refractivity contribution is -0.124. The number of piperidine rings is 1. The van der Waals surface area contributed by atoms with Crippen LogP contribution in [0.5, 0.6) is 0 Å². The van der Waals surface area contributed by atoms with Crippen molar-refractivity contribution in [3.05, 3.63) is 29.3 Å². The third-order valence-corrected chi connectivity index (χ3v) is 6.35. The average Bonchev–Trinajstić information content (AvgIpc) is 3.20. The number of carbonyl (C=O) groups excluding carboxylic acids is 2. The molecule has 1 aromatic rings. The topological polar surface area (TPSA) is 78.9 Å². The molecule has 2 N–H and O–H groups in total. The predicted molar refractivity (Wildman–Crippen MR) is 102 cm³/mol. The first-order valence-electron chi connectivity index (χ1n) is 10.0. The number of aliphatic hydroxyl groups is 1. The van der Waals surface area contributed by atoms with Crippen molar-refractivity contribution in [2.45, 2.75) is 57.2 Å². The zero-order valence-corrected chi connectivity index (χ0v) is 15.9. The molecule has 0 radical (unpaired) electrons. The molecular weight excluding hydrogens is 344 g/mol. The van der Waals surface area contributed by atoms with E-state index in [4.69, 9.17) is 4.74 Å². The summed E-state index contributed by atoms with van der Waals surface area (Å²) in [6.45, 7) is 3.86. The third-order valence-electron chi connectivity index (χ3n) is 6.35. The maximum absolute atomic E-state index is 13.0. The lowest BCUT2D eigenvalue weighted by Gasteiger charge is -2.34. The molecule has 3 aliphatic rings. The molecule has 2 aliphatic heterocycles. The smallest absolute Gasteiger partial charge is 0.254 e. The van der Waals surface area contributed by atoms with E-state index in [2.05, 4.69) is 5.32 Å². The number of nitrogens with one attached hydrogen (secondary N) is 1. The Balaban J connectivity index is 1.42. The highest BCUT2D eigenvalue weighted by molar-refractivity contribution is 6.00. The highest BCUT2D eigenvalue weighted by atomic mass is 16.5. The Labute approximate surface area is 159 Å². The summed E-state index contributed by atoms with van der Waals surface area (Å²) in [5.74, 6) is 0.181. The molecule has 146 valence electrons. The van der Waals surface area contributed by atoms with Gasteiger partial charge >= 0.3 is 0 Å².